The van der Waals surface area contributed by atoms with E-state index in [0.29, 0.717) is 12.6 Å². The summed E-state index contributed by atoms with van der Waals surface area (Å²) in [5.74, 6) is 2.55. The minimum atomic E-state index is 0.190. The van der Waals surface area contributed by atoms with Crippen LogP contribution in [-0.2, 0) is 11.3 Å². The van der Waals surface area contributed by atoms with E-state index in [1.807, 2.05) is 31.1 Å². The highest BCUT2D eigenvalue weighted by atomic mass is 16.5. The van der Waals surface area contributed by atoms with Gasteiger partial charge in [-0.05, 0) is 24.1 Å². The van der Waals surface area contributed by atoms with Crippen molar-refractivity contribution in [1.82, 2.24) is 19.9 Å². The second-order valence-electron chi connectivity index (χ2n) is 6.87. The largest absolute Gasteiger partial charge is 0.372 e. The Kier molecular flexibility index (Phi) is 5.43. The molecule has 7 nitrogen and oxygen atoms in total. The lowest BCUT2D eigenvalue weighted by Crippen LogP contribution is -2.27. The molecule has 25 heavy (non-hydrogen) atoms. The van der Waals surface area contributed by atoms with Gasteiger partial charge < -0.3 is 14.5 Å². The van der Waals surface area contributed by atoms with Gasteiger partial charge in [0.1, 0.15) is 5.82 Å². The van der Waals surface area contributed by atoms with Crippen LogP contribution in [0.2, 0.25) is 0 Å². The minimum absolute atomic E-state index is 0.190. The molecule has 3 rings (SSSR count). The van der Waals surface area contributed by atoms with E-state index in [1.54, 1.807) is 12.4 Å². The van der Waals surface area contributed by atoms with Crippen molar-refractivity contribution in [2.24, 2.45) is 0 Å². The molecular weight excluding hydrogens is 316 g/mol. The summed E-state index contributed by atoms with van der Waals surface area (Å²) in [5.41, 5.74) is 1.14. The highest BCUT2D eigenvalue weighted by Gasteiger charge is 2.26. The van der Waals surface area contributed by atoms with E-state index in [9.17, 15) is 0 Å². The smallest absolute Gasteiger partial charge is 0.230 e. The fraction of sp³-hybridized carbons (Fsp3) is 0.556. The first-order valence-electron chi connectivity index (χ1n) is 8.71. The summed E-state index contributed by atoms with van der Waals surface area (Å²) in [6, 6.07) is 3.97. The molecule has 0 amide bonds. The molecule has 0 N–H and O–H groups in total. The number of hydrogen-bond acceptors (Lipinski definition) is 7. The second-order valence-corrected chi connectivity index (χ2v) is 6.87. The first-order chi connectivity index (χ1) is 12.0. The van der Waals surface area contributed by atoms with E-state index in [4.69, 9.17) is 4.74 Å². The molecule has 7 heteroatoms. The van der Waals surface area contributed by atoms with Crippen molar-refractivity contribution in [3.8, 4) is 0 Å². The molecule has 0 aliphatic carbocycles. The normalized spacial score (nSPS) is 17.3. The Bertz CT molecular complexity index is 665. The van der Waals surface area contributed by atoms with Crippen molar-refractivity contribution < 1.29 is 4.74 Å². The third-order valence-corrected chi connectivity index (χ3v) is 4.21. The van der Waals surface area contributed by atoms with E-state index in [-0.39, 0.29) is 12.0 Å². The Balaban J connectivity index is 1.67. The number of pyridine rings is 1. The van der Waals surface area contributed by atoms with Gasteiger partial charge in [0, 0.05) is 45.5 Å². The quantitative estimate of drug-likeness (QED) is 0.797. The van der Waals surface area contributed by atoms with Gasteiger partial charge in [-0.3, -0.25) is 4.98 Å². The predicted octanol–water partition coefficient (Wildman–Crippen LogP) is 2.25. The minimum Gasteiger partial charge on any atom is -0.372 e. The summed E-state index contributed by atoms with van der Waals surface area (Å²) in [6.45, 7) is 6.51. The van der Waals surface area contributed by atoms with Crippen molar-refractivity contribution in [2.75, 3.05) is 37.0 Å². The third kappa shape index (κ3) is 4.42. The molecule has 0 radical (unpaired) electrons. The Labute approximate surface area is 149 Å². The fourth-order valence-corrected chi connectivity index (χ4v) is 2.71. The highest BCUT2D eigenvalue weighted by molar-refractivity contribution is 5.39. The lowest BCUT2D eigenvalue weighted by molar-refractivity contribution is 0.0552. The summed E-state index contributed by atoms with van der Waals surface area (Å²) in [7, 11) is 3.90. The number of rotatable bonds is 6. The van der Waals surface area contributed by atoms with Crippen LogP contribution < -0.4 is 9.80 Å². The average Bonchev–Trinajstić information content (AvgIpc) is 3.09. The Morgan fingerprint density at radius 2 is 1.96 bits per heavy atom. The molecule has 1 aliphatic rings. The molecule has 134 valence electrons. The van der Waals surface area contributed by atoms with Crippen LogP contribution in [-0.4, -0.2) is 53.2 Å². The van der Waals surface area contributed by atoms with E-state index >= 15 is 0 Å². The third-order valence-electron chi connectivity index (χ3n) is 4.21. The van der Waals surface area contributed by atoms with Gasteiger partial charge in [0.2, 0.25) is 11.9 Å². The van der Waals surface area contributed by atoms with Gasteiger partial charge in [-0.1, -0.05) is 13.8 Å². The van der Waals surface area contributed by atoms with Crippen molar-refractivity contribution in [2.45, 2.75) is 38.9 Å². The molecule has 1 fully saturated rings. The Morgan fingerprint density at radius 1 is 1.20 bits per heavy atom. The summed E-state index contributed by atoms with van der Waals surface area (Å²) in [6.07, 6.45) is 4.75. The fourth-order valence-electron chi connectivity index (χ4n) is 2.71. The molecule has 0 spiro atoms. The van der Waals surface area contributed by atoms with Crippen molar-refractivity contribution in [3.05, 3.63) is 35.9 Å². The first kappa shape index (κ1) is 17.5. The van der Waals surface area contributed by atoms with Crippen LogP contribution in [0.15, 0.2) is 24.5 Å². The number of hydrogen-bond donors (Lipinski definition) is 0. The molecule has 2 aromatic heterocycles. The second kappa shape index (κ2) is 7.74. The molecule has 1 unspecified atom stereocenters. The number of anilines is 2. The van der Waals surface area contributed by atoms with Crippen LogP contribution in [0.5, 0.6) is 0 Å². The van der Waals surface area contributed by atoms with Gasteiger partial charge in [-0.25, -0.2) is 0 Å². The predicted molar refractivity (Wildman–Crippen MR) is 97.9 cm³/mol. The molecule has 2 aromatic rings. The molecule has 3 heterocycles. The lowest BCUT2D eigenvalue weighted by Gasteiger charge is -2.20. The van der Waals surface area contributed by atoms with Crippen LogP contribution in [0.1, 0.15) is 37.6 Å². The highest BCUT2D eigenvalue weighted by Crippen LogP contribution is 2.22. The van der Waals surface area contributed by atoms with Crippen molar-refractivity contribution in [3.63, 3.8) is 0 Å². The zero-order valence-electron chi connectivity index (χ0n) is 15.4. The van der Waals surface area contributed by atoms with E-state index in [1.165, 1.54) is 0 Å². The van der Waals surface area contributed by atoms with Crippen LogP contribution in [0.4, 0.5) is 11.9 Å². The molecular formula is C18H26N6O. The van der Waals surface area contributed by atoms with E-state index < -0.39 is 0 Å². The standard InChI is InChI=1S/C18H26N6O/c1-13(2)16-20-17(23(3)4)22-18(21-16)24-10-7-15(11-24)25-12-14-5-8-19-9-6-14/h5-6,8-9,13,15H,7,10-12H2,1-4H3. The molecule has 0 saturated carbocycles. The van der Waals surface area contributed by atoms with Gasteiger partial charge in [0.15, 0.2) is 0 Å². The molecule has 1 saturated heterocycles. The maximum absolute atomic E-state index is 6.05. The molecule has 0 bridgehead atoms. The monoisotopic (exact) mass is 342 g/mol. The van der Waals surface area contributed by atoms with Crippen LogP contribution in [0.25, 0.3) is 0 Å². The van der Waals surface area contributed by atoms with Gasteiger partial charge in [0.05, 0.1) is 12.7 Å². The van der Waals surface area contributed by atoms with Crippen molar-refractivity contribution >= 4 is 11.9 Å². The SMILES string of the molecule is CC(C)c1nc(N(C)C)nc(N2CCC(OCc3ccncc3)C2)n1. The summed E-state index contributed by atoms with van der Waals surface area (Å²) >= 11 is 0. The maximum Gasteiger partial charge on any atom is 0.230 e. The maximum atomic E-state index is 6.05. The Hall–Kier alpha value is -2.28. The summed E-state index contributed by atoms with van der Waals surface area (Å²) < 4.78 is 6.05. The molecule has 1 aliphatic heterocycles. The lowest BCUT2D eigenvalue weighted by atomic mass is 10.2. The summed E-state index contributed by atoms with van der Waals surface area (Å²) in [5, 5.41) is 0. The number of nitrogens with zero attached hydrogens (tertiary/aromatic N) is 6. The molecule has 0 aromatic carbocycles. The number of ether oxygens (including phenoxy) is 1. The molecule has 1 atom stereocenters. The van der Waals surface area contributed by atoms with Gasteiger partial charge in [0.25, 0.3) is 0 Å². The van der Waals surface area contributed by atoms with Crippen LogP contribution in [0.3, 0.4) is 0 Å². The van der Waals surface area contributed by atoms with Gasteiger partial charge in [-0.2, -0.15) is 15.0 Å². The Morgan fingerprint density at radius 3 is 2.64 bits per heavy atom. The average molecular weight is 342 g/mol. The van der Waals surface area contributed by atoms with Crippen LogP contribution in [0, 0.1) is 0 Å². The summed E-state index contributed by atoms with van der Waals surface area (Å²) in [4.78, 5) is 22.0. The zero-order chi connectivity index (χ0) is 17.8. The van der Waals surface area contributed by atoms with E-state index in [0.717, 1.165) is 36.8 Å². The van der Waals surface area contributed by atoms with Crippen molar-refractivity contribution in [1.29, 1.82) is 0 Å². The van der Waals surface area contributed by atoms with Gasteiger partial charge >= 0.3 is 0 Å². The van der Waals surface area contributed by atoms with Crippen LogP contribution >= 0.6 is 0 Å². The van der Waals surface area contributed by atoms with E-state index in [2.05, 4.69) is 38.7 Å². The topological polar surface area (TPSA) is 67.3 Å². The van der Waals surface area contributed by atoms with Gasteiger partial charge in [-0.15, -0.1) is 0 Å². The number of aromatic nitrogens is 4. The first-order valence-corrected chi connectivity index (χ1v) is 8.71. The zero-order valence-corrected chi connectivity index (χ0v) is 15.4.